The summed E-state index contributed by atoms with van der Waals surface area (Å²) in [4.78, 5) is 1.49. The van der Waals surface area contributed by atoms with E-state index >= 15 is 0 Å². The highest BCUT2D eigenvalue weighted by atomic mass is 32.1. The third-order valence-electron chi connectivity index (χ3n) is 3.42. The van der Waals surface area contributed by atoms with Crippen LogP contribution < -0.4 is 5.32 Å². The number of hydrogen-bond acceptors (Lipinski definition) is 5. The molecule has 0 saturated carbocycles. The Kier molecular flexibility index (Phi) is 3.43. The van der Waals surface area contributed by atoms with Crippen LogP contribution in [0, 0.1) is 0 Å². The molecule has 18 heavy (non-hydrogen) atoms. The predicted octanol–water partition coefficient (Wildman–Crippen LogP) is 2.36. The van der Waals surface area contributed by atoms with E-state index in [0.717, 1.165) is 31.2 Å². The molecule has 96 valence electrons. The van der Waals surface area contributed by atoms with E-state index in [0.29, 0.717) is 5.92 Å². The fraction of sp³-hybridized carbons (Fsp3) is 0.538. The van der Waals surface area contributed by atoms with Gasteiger partial charge in [-0.25, -0.2) is 0 Å². The minimum Gasteiger partial charge on any atom is -0.425 e. The normalized spacial score (nSPS) is 18.8. The molecule has 0 bridgehead atoms. The number of thiophene rings is 1. The zero-order valence-electron chi connectivity index (χ0n) is 10.5. The Morgan fingerprint density at radius 3 is 3.33 bits per heavy atom. The van der Waals surface area contributed by atoms with Crippen LogP contribution >= 0.6 is 11.3 Å². The Morgan fingerprint density at radius 2 is 2.44 bits per heavy atom. The molecule has 2 heterocycles. The molecule has 0 spiro atoms. The van der Waals surface area contributed by atoms with E-state index in [4.69, 9.17) is 4.42 Å². The maximum Gasteiger partial charge on any atom is 0.224 e. The lowest BCUT2D eigenvalue weighted by molar-refractivity contribution is 0.413. The van der Waals surface area contributed by atoms with Crippen molar-refractivity contribution in [3.8, 4) is 0 Å². The molecule has 0 aliphatic heterocycles. The van der Waals surface area contributed by atoms with Gasteiger partial charge in [-0.3, -0.25) is 0 Å². The van der Waals surface area contributed by atoms with Crippen LogP contribution in [0.1, 0.15) is 41.0 Å². The molecule has 0 radical (unpaired) electrons. The van der Waals surface area contributed by atoms with Crippen molar-refractivity contribution < 1.29 is 4.42 Å². The smallest absolute Gasteiger partial charge is 0.224 e. The molecule has 0 saturated heterocycles. The van der Waals surface area contributed by atoms with Crippen LogP contribution in [-0.4, -0.2) is 23.8 Å². The molecule has 1 atom stereocenters. The Morgan fingerprint density at radius 1 is 1.50 bits per heavy atom. The highest BCUT2D eigenvalue weighted by Gasteiger charge is 2.27. The lowest BCUT2D eigenvalue weighted by Gasteiger charge is -2.18. The van der Waals surface area contributed by atoms with Gasteiger partial charge in [0.15, 0.2) is 0 Å². The standard InChI is InChI=1S/C13H17N3OS/c1-14-7-5-12-15-16-13(17-12)10-3-2-4-11-9(10)6-8-18-11/h6,8,10,14H,2-5,7H2,1H3. The molecule has 0 amide bonds. The summed E-state index contributed by atoms with van der Waals surface area (Å²) in [6.07, 6.45) is 4.33. The largest absolute Gasteiger partial charge is 0.425 e. The average molecular weight is 263 g/mol. The van der Waals surface area contributed by atoms with E-state index in [-0.39, 0.29) is 0 Å². The summed E-state index contributed by atoms with van der Waals surface area (Å²) in [5.41, 5.74) is 1.40. The second-order valence-corrected chi connectivity index (χ2v) is 5.63. The summed E-state index contributed by atoms with van der Waals surface area (Å²) < 4.78 is 5.79. The first kappa shape index (κ1) is 11.9. The van der Waals surface area contributed by atoms with E-state index in [2.05, 4.69) is 27.0 Å². The second kappa shape index (κ2) is 5.20. The Balaban J connectivity index is 1.82. The summed E-state index contributed by atoms with van der Waals surface area (Å²) in [5, 5.41) is 13.6. The van der Waals surface area contributed by atoms with Gasteiger partial charge in [-0.15, -0.1) is 21.5 Å². The van der Waals surface area contributed by atoms with Gasteiger partial charge in [-0.2, -0.15) is 0 Å². The lowest BCUT2D eigenvalue weighted by atomic mass is 9.88. The Labute approximate surface area is 110 Å². The van der Waals surface area contributed by atoms with Crippen molar-refractivity contribution >= 4 is 11.3 Å². The number of fused-ring (bicyclic) bond motifs is 1. The first-order chi connectivity index (χ1) is 8.88. The zero-order chi connectivity index (χ0) is 12.4. The SMILES string of the molecule is CNCCc1nnc(C2CCCc3sccc32)o1. The van der Waals surface area contributed by atoms with Crippen molar-refractivity contribution in [2.24, 2.45) is 0 Å². The van der Waals surface area contributed by atoms with Gasteiger partial charge in [0.1, 0.15) is 0 Å². The van der Waals surface area contributed by atoms with Gasteiger partial charge in [0.25, 0.3) is 0 Å². The van der Waals surface area contributed by atoms with Gasteiger partial charge in [0, 0.05) is 17.8 Å². The van der Waals surface area contributed by atoms with Gasteiger partial charge < -0.3 is 9.73 Å². The van der Waals surface area contributed by atoms with Crippen LogP contribution in [0.15, 0.2) is 15.9 Å². The van der Waals surface area contributed by atoms with Gasteiger partial charge in [0.2, 0.25) is 11.8 Å². The summed E-state index contributed by atoms with van der Waals surface area (Å²) in [6.45, 7) is 0.871. The van der Waals surface area contributed by atoms with Gasteiger partial charge >= 0.3 is 0 Å². The maximum atomic E-state index is 5.79. The fourth-order valence-electron chi connectivity index (χ4n) is 2.48. The average Bonchev–Trinajstić information content (AvgIpc) is 3.04. The van der Waals surface area contributed by atoms with Crippen LogP contribution in [0.25, 0.3) is 0 Å². The highest BCUT2D eigenvalue weighted by Crippen LogP contribution is 2.38. The molecule has 4 nitrogen and oxygen atoms in total. The molecule has 1 unspecified atom stereocenters. The van der Waals surface area contributed by atoms with Crippen LogP contribution in [-0.2, 0) is 12.8 Å². The van der Waals surface area contributed by atoms with E-state index in [9.17, 15) is 0 Å². The molecule has 2 aromatic heterocycles. The quantitative estimate of drug-likeness (QED) is 0.920. The minimum absolute atomic E-state index is 0.316. The summed E-state index contributed by atoms with van der Waals surface area (Å²) >= 11 is 1.84. The van der Waals surface area contributed by atoms with Gasteiger partial charge in [-0.1, -0.05) is 0 Å². The molecule has 1 aliphatic rings. The molecule has 1 N–H and O–H groups in total. The van der Waals surface area contributed by atoms with E-state index in [1.165, 1.54) is 23.3 Å². The number of aromatic nitrogens is 2. The third kappa shape index (κ3) is 2.20. The van der Waals surface area contributed by atoms with Crippen molar-refractivity contribution in [1.29, 1.82) is 0 Å². The zero-order valence-corrected chi connectivity index (χ0v) is 11.3. The number of aryl methyl sites for hydroxylation is 1. The van der Waals surface area contributed by atoms with E-state index < -0.39 is 0 Å². The predicted molar refractivity (Wildman–Crippen MR) is 71.0 cm³/mol. The molecule has 5 heteroatoms. The van der Waals surface area contributed by atoms with Crippen LogP contribution in [0.5, 0.6) is 0 Å². The van der Waals surface area contributed by atoms with Gasteiger partial charge in [0.05, 0.1) is 5.92 Å². The van der Waals surface area contributed by atoms with Crippen molar-refractivity contribution in [3.63, 3.8) is 0 Å². The van der Waals surface area contributed by atoms with Gasteiger partial charge in [-0.05, 0) is 43.3 Å². The molecule has 3 rings (SSSR count). The van der Waals surface area contributed by atoms with E-state index in [1.54, 1.807) is 0 Å². The summed E-state index contributed by atoms with van der Waals surface area (Å²) in [5.74, 6) is 1.85. The molecule has 0 fully saturated rings. The van der Waals surface area contributed by atoms with Crippen LogP contribution in [0.2, 0.25) is 0 Å². The minimum atomic E-state index is 0.316. The number of nitrogens with zero attached hydrogens (tertiary/aromatic N) is 2. The van der Waals surface area contributed by atoms with Crippen molar-refractivity contribution in [3.05, 3.63) is 33.7 Å². The Hall–Kier alpha value is -1.20. The van der Waals surface area contributed by atoms with Crippen LogP contribution in [0.4, 0.5) is 0 Å². The molecular weight excluding hydrogens is 246 g/mol. The summed E-state index contributed by atoms with van der Waals surface area (Å²) in [7, 11) is 1.93. The fourth-order valence-corrected chi connectivity index (χ4v) is 3.47. The lowest BCUT2D eigenvalue weighted by Crippen LogP contribution is -2.10. The maximum absolute atomic E-state index is 5.79. The number of rotatable bonds is 4. The summed E-state index contributed by atoms with van der Waals surface area (Å²) in [6, 6.07) is 2.21. The van der Waals surface area contributed by atoms with Crippen molar-refractivity contribution in [2.45, 2.75) is 31.6 Å². The topological polar surface area (TPSA) is 51.0 Å². The number of likely N-dealkylation sites (N-methyl/N-ethyl adjacent to an activating group) is 1. The monoisotopic (exact) mass is 263 g/mol. The first-order valence-corrected chi connectivity index (χ1v) is 7.29. The van der Waals surface area contributed by atoms with Crippen molar-refractivity contribution in [2.75, 3.05) is 13.6 Å². The molecule has 2 aromatic rings. The second-order valence-electron chi connectivity index (χ2n) is 4.63. The van der Waals surface area contributed by atoms with Crippen molar-refractivity contribution in [1.82, 2.24) is 15.5 Å². The number of hydrogen-bond donors (Lipinski definition) is 1. The highest BCUT2D eigenvalue weighted by molar-refractivity contribution is 7.10. The molecule has 0 aromatic carbocycles. The molecular formula is C13H17N3OS. The van der Waals surface area contributed by atoms with E-state index in [1.807, 2.05) is 18.4 Å². The first-order valence-electron chi connectivity index (χ1n) is 6.41. The molecule has 1 aliphatic carbocycles. The third-order valence-corrected chi connectivity index (χ3v) is 4.42. The Bertz CT molecular complexity index is 520. The number of nitrogens with one attached hydrogen (secondary N) is 1. The van der Waals surface area contributed by atoms with Crippen LogP contribution in [0.3, 0.4) is 0 Å².